The lowest BCUT2D eigenvalue weighted by atomic mass is 10.3. The molecule has 0 saturated heterocycles. The molecule has 1 aromatic rings. The molecule has 25 heavy (non-hydrogen) atoms. The summed E-state index contributed by atoms with van der Waals surface area (Å²) in [4.78, 5) is 6.59. The highest BCUT2D eigenvalue weighted by atomic mass is 127. The summed E-state index contributed by atoms with van der Waals surface area (Å²) in [6.45, 7) is 6.13. The van der Waals surface area contributed by atoms with E-state index in [0.29, 0.717) is 25.5 Å². The molecule has 1 saturated carbocycles. The molecule has 0 atom stereocenters. The van der Waals surface area contributed by atoms with Gasteiger partial charge in [-0.05, 0) is 37.8 Å². The molecular formula is C18H29FIN3O2. The van der Waals surface area contributed by atoms with Gasteiger partial charge >= 0.3 is 0 Å². The lowest BCUT2D eigenvalue weighted by molar-refractivity contribution is 0.115. The Morgan fingerprint density at radius 3 is 2.84 bits per heavy atom. The minimum Gasteiger partial charge on any atom is -0.492 e. The zero-order chi connectivity index (χ0) is 17.2. The van der Waals surface area contributed by atoms with Crippen molar-refractivity contribution in [3.63, 3.8) is 0 Å². The van der Waals surface area contributed by atoms with Gasteiger partial charge in [-0.3, -0.25) is 0 Å². The smallest absolute Gasteiger partial charge is 0.193 e. The number of nitrogens with zero attached hydrogens (tertiary/aromatic N) is 2. The van der Waals surface area contributed by atoms with Gasteiger partial charge in [0.2, 0.25) is 0 Å². The van der Waals surface area contributed by atoms with E-state index in [1.54, 1.807) is 12.1 Å². The predicted octanol–water partition coefficient (Wildman–Crippen LogP) is 3.15. The van der Waals surface area contributed by atoms with Crippen LogP contribution in [-0.2, 0) is 4.74 Å². The van der Waals surface area contributed by atoms with Crippen LogP contribution in [0, 0.1) is 11.7 Å². The van der Waals surface area contributed by atoms with Gasteiger partial charge in [0.1, 0.15) is 18.2 Å². The lowest BCUT2D eigenvalue weighted by Crippen LogP contribution is -2.40. The number of hydrogen-bond acceptors (Lipinski definition) is 3. The van der Waals surface area contributed by atoms with Crippen molar-refractivity contribution in [3.8, 4) is 5.75 Å². The highest BCUT2D eigenvalue weighted by Gasteiger charge is 2.21. The summed E-state index contributed by atoms with van der Waals surface area (Å²) < 4.78 is 24.3. The first kappa shape index (κ1) is 22.0. The summed E-state index contributed by atoms with van der Waals surface area (Å²) in [7, 11) is 2.00. The van der Waals surface area contributed by atoms with E-state index >= 15 is 0 Å². The first-order valence-corrected chi connectivity index (χ1v) is 8.64. The van der Waals surface area contributed by atoms with E-state index < -0.39 is 0 Å². The average Bonchev–Trinajstić information content (AvgIpc) is 3.38. The van der Waals surface area contributed by atoms with Crippen molar-refractivity contribution in [1.29, 1.82) is 0 Å². The van der Waals surface area contributed by atoms with Crippen LogP contribution in [0.3, 0.4) is 0 Å². The Kier molecular flexibility index (Phi) is 10.8. The van der Waals surface area contributed by atoms with Gasteiger partial charge < -0.3 is 19.7 Å². The molecule has 0 aromatic heterocycles. The third kappa shape index (κ3) is 9.25. The van der Waals surface area contributed by atoms with Gasteiger partial charge in [0.05, 0.1) is 13.2 Å². The molecular weight excluding hydrogens is 436 g/mol. The summed E-state index contributed by atoms with van der Waals surface area (Å²) in [5.74, 6) is 1.85. The predicted molar refractivity (Wildman–Crippen MR) is 109 cm³/mol. The molecule has 5 nitrogen and oxygen atoms in total. The molecule has 2 rings (SSSR count). The van der Waals surface area contributed by atoms with Crippen LogP contribution >= 0.6 is 24.0 Å². The molecule has 0 unspecified atom stereocenters. The van der Waals surface area contributed by atoms with Gasteiger partial charge in [-0.2, -0.15) is 0 Å². The molecule has 1 aliphatic carbocycles. The summed E-state index contributed by atoms with van der Waals surface area (Å²) in [6, 6.07) is 6.14. The largest absolute Gasteiger partial charge is 0.492 e. The summed E-state index contributed by atoms with van der Waals surface area (Å²) in [6.07, 6.45) is 2.62. The van der Waals surface area contributed by atoms with Gasteiger partial charge in [0.25, 0.3) is 0 Å². The Hall–Kier alpha value is -1.09. The Morgan fingerprint density at radius 1 is 1.36 bits per heavy atom. The zero-order valence-electron chi connectivity index (χ0n) is 15.0. The van der Waals surface area contributed by atoms with Crippen LogP contribution < -0.4 is 10.1 Å². The number of hydrogen-bond donors (Lipinski definition) is 1. The number of halogens is 2. The number of aliphatic imine (C=N–C) groups is 1. The van der Waals surface area contributed by atoms with E-state index in [1.165, 1.54) is 25.0 Å². The Balaban J connectivity index is 0.00000312. The second-order valence-corrected chi connectivity index (χ2v) is 5.98. The van der Waals surface area contributed by atoms with Gasteiger partial charge in [-0.1, -0.05) is 6.07 Å². The highest BCUT2D eigenvalue weighted by Crippen LogP contribution is 2.28. The van der Waals surface area contributed by atoms with Crippen molar-refractivity contribution < 1.29 is 13.9 Å². The van der Waals surface area contributed by atoms with Gasteiger partial charge in [-0.15, -0.1) is 24.0 Å². The molecule has 0 radical (unpaired) electrons. The maximum absolute atomic E-state index is 13.1. The van der Waals surface area contributed by atoms with E-state index in [1.807, 2.05) is 14.0 Å². The molecule has 1 aromatic carbocycles. The van der Waals surface area contributed by atoms with Crippen LogP contribution in [0.1, 0.15) is 19.8 Å². The second-order valence-electron chi connectivity index (χ2n) is 5.98. The van der Waals surface area contributed by atoms with Crippen molar-refractivity contribution in [2.75, 3.05) is 46.5 Å². The van der Waals surface area contributed by atoms with Crippen molar-refractivity contribution in [2.24, 2.45) is 10.9 Å². The fourth-order valence-corrected chi connectivity index (χ4v) is 2.18. The van der Waals surface area contributed by atoms with Crippen molar-refractivity contribution in [1.82, 2.24) is 10.2 Å². The normalized spacial score (nSPS) is 14.0. The molecule has 0 aliphatic heterocycles. The van der Waals surface area contributed by atoms with Crippen molar-refractivity contribution in [2.45, 2.75) is 19.8 Å². The molecule has 1 N–H and O–H groups in total. The van der Waals surface area contributed by atoms with Crippen molar-refractivity contribution >= 4 is 29.9 Å². The maximum Gasteiger partial charge on any atom is 0.193 e. The zero-order valence-corrected chi connectivity index (χ0v) is 17.4. The van der Waals surface area contributed by atoms with Crippen LogP contribution in [0.4, 0.5) is 4.39 Å². The van der Waals surface area contributed by atoms with Gasteiger partial charge in [-0.25, -0.2) is 9.38 Å². The van der Waals surface area contributed by atoms with E-state index in [2.05, 4.69) is 15.2 Å². The standard InChI is InChI=1S/C18H28FN3O2.HI/c1-3-20-18(22(2)10-12-23-14-15-7-8-15)21-9-11-24-17-6-4-5-16(19)13-17;/h4-6,13,15H,3,7-12,14H2,1-2H3,(H,20,21);1H. The number of benzene rings is 1. The molecule has 142 valence electrons. The molecule has 0 spiro atoms. The maximum atomic E-state index is 13.1. The summed E-state index contributed by atoms with van der Waals surface area (Å²) >= 11 is 0. The van der Waals surface area contributed by atoms with E-state index in [4.69, 9.17) is 9.47 Å². The third-order valence-corrected chi connectivity index (χ3v) is 3.74. The SMILES string of the molecule is CCNC(=NCCOc1cccc(F)c1)N(C)CCOCC1CC1.I. The van der Waals surface area contributed by atoms with Crippen LogP contribution in [0.25, 0.3) is 0 Å². The number of ether oxygens (including phenoxy) is 2. The van der Waals surface area contributed by atoms with Gasteiger partial charge in [0.15, 0.2) is 5.96 Å². The summed E-state index contributed by atoms with van der Waals surface area (Å²) in [5, 5.41) is 3.26. The fourth-order valence-electron chi connectivity index (χ4n) is 2.18. The minimum atomic E-state index is -0.296. The van der Waals surface area contributed by atoms with Gasteiger partial charge in [0, 0.05) is 32.8 Å². The van der Waals surface area contributed by atoms with Crippen LogP contribution in [0.2, 0.25) is 0 Å². The van der Waals surface area contributed by atoms with Crippen LogP contribution in [0.15, 0.2) is 29.3 Å². The van der Waals surface area contributed by atoms with Crippen molar-refractivity contribution in [3.05, 3.63) is 30.1 Å². The summed E-state index contributed by atoms with van der Waals surface area (Å²) in [5.41, 5.74) is 0. The first-order chi connectivity index (χ1) is 11.7. The van der Waals surface area contributed by atoms with E-state index in [9.17, 15) is 4.39 Å². The van der Waals surface area contributed by atoms with Crippen LogP contribution in [-0.4, -0.2) is 57.4 Å². The molecule has 7 heteroatoms. The second kappa shape index (κ2) is 12.3. The fraction of sp³-hybridized carbons (Fsp3) is 0.611. The number of likely N-dealkylation sites (N-methyl/N-ethyl adjacent to an activating group) is 1. The first-order valence-electron chi connectivity index (χ1n) is 8.64. The Bertz CT molecular complexity index is 527. The topological polar surface area (TPSA) is 46.1 Å². The minimum absolute atomic E-state index is 0. The molecule has 0 amide bonds. The third-order valence-electron chi connectivity index (χ3n) is 3.74. The number of guanidine groups is 1. The quantitative estimate of drug-likeness (QED) is 0.250. The molecule has 1 aliphatic rings. The molecule has 0 bridgehead atoms. The molecule has 1 fully saturated rings. The van der Waals surface area contributed by atoms with E-state index in [0.717, 1.165) is 31.6 Å². The average molecular weight is 465 g/mol. The lowest BCUT2D eigenvalue weighted by Gasteiger charge is -2.22. The monoisotopic (exact) mass is 465 g/mol. The Labute approximate surface area is 167 Å². The Morgan fingerprint density at radius 2 is 2.16 bits per heavy atom. The number of rotatable bonds is 10. The van der Waals surface area contributed by atoms with E-state index in [-0.39, 0.29) is 29.8 Å². The van der Waals surface area contributed by atoms with Crippen LogP contribution in [0.5, 0.6) is 5.75 Å². The number of nitrogens with one attached hydrogen (secondary N) is 1. The molecule has 0 heterocycles. The highest BCUT2D eigenvalue weighted by molar-refractivity contribution is 14.0.